The zero-order valence-electron chi connectivity index (χ0n) is 15.2. The molecule has 1 aliphatic heterocycles. The number of hydrogen-bond acceptors (Lipinski definition) is 4. The van der Waals surface area contributed by atoms with Crippen molar-refractivity contribution in [3.8, 4) is 0 Å². The molecule has 1 aromatic rings. The van der Waals surface area contributed by atoms with Crippen molar-refractivity contribution in [2.75, 3.05) is 32.1 Å². The van der Waals surface area contributed by atoms with E-state index >= 15 is 0 Å². The largest absolute Gasteiger partial charge is 0.465 e. The lowest BCUT2D eigenvalue weighted by molar-refractivity contribution is 0.0600. The van der Waals surface area contributed by atoms with Crippen LogP contribution in [-0.2, 0) is 4.74 Å². The van der Waals surface area contributed by atoms with Crippen LogP contribution in [0.2, 0.25) is 0 Å². The van der Waals surface area contributed by atoms with Crippen molar-refractivity contribution in [3.63, 3.8) is 0 Å². The van der Waals surface area contributed by atoms with Crippen LogP contribution in [0.3, 0.4) is 0 Å². The van der Waals surface area contributed by atoms with Crippen LogP contribution in [0.1, 0.15) is 49.4 Å². The number of carbonyl (C=O) groups excluding carboxylic acids is 2. The lowest BCUT2D eigenvalue weighted by Gasteiger charge is -2.33. The van der Waals surface area contributed by atoms with Gasteiger partial charge in [0, 0.05) is 18.3 Å². The fourth-order valence-electron chi connectivity index (χ4n) is 3.15. The van der Waals surface area contributed by atoms with Crippen molar-refractivity contribution >= 4 is 17.7 Å². The van der Waals surface area contributed by atoms with E-state index in [9.17, 15) is 9.59 Å². The summed E-state index contributed by atoms with van der Waals surface area (Å²) < 4.78 is 4.67. The molecule has 2 N–H and O–H groups in total. The summed E-state index contributed by atoms with van der Waals surface area (Å²) in [6.45, 7) is 5.25. The summed E-state index contributed by atoms with van der Waals surface area (Å²) in [5, 5.41) is 5.60. The molecule has 0 unspecified atom stereocenters. The number of urea groups is 1. The van der Waals surface area contributed by atoms with Crippen molar-refractivity contribution in [1.29, 1.82) is 0 Å². The molecule has 1 fully saturated rings. The maximum atomic E-state index is 11.9. The van der Waals surface area contributed by atoms with Crippen LogP contribution in [0.15, 0.2) is 24.3 Å². The van der Waals surface area contributed by atoms with Gasteiger partial charge in [-0.1, -0.05) is 12.5 Å². The Balaban J connectivity index is 1.64. The van der Waals surface area contributed by atoms with E-state index in [1.165, 1.54) is 32.9 Å². The Bertz CT molecular complexity index is 577. The van der Waals surface area contributed by atoms with Gasteiger partial charge in [0.2, 0.25) is 0 Å². The second-order valence-corrected chi connectivity index (χ2v) is 6.54. The molecule has 25 heavy (non-hydrogen) atoms. The third-order valence-electron chi connectivity index (χ3n) is 4.64. The summed E-state index contributed by atoms with van der Waals surface area (Å²) in [6.07, 6.45) is 5.98. The number of methoxy groups -OCH3 is 1. The molecule has 2 rings (SSSR count). The van der Waals surface area contributed by atoms with Gasteiger partial charge in [-0.3, -0.25) is 0 Å². The van der Waals surface area contributed by atoms with Crippen LogP contribution in [0.4, 0.5) is 10.5 Å². The standard InChI is InChI=1S/C19H29N3O3/c1-15-8-3-5-12-22(15)13-6-4-11-20-19(24)21-17-10-7-9-16(14-17)18(23)25-2/h7,9-10,14-15H,3-6,8,11-13H2,1-2H3,(H2,20,21,24)/t15-/m1/s1. The summed E-state index contributed by atoms with van der Waals surface area (Å²) in [4.78, 5) is 26.0. The van der Waals surface area contributed by atoms with Crippen LogP contribution in [-0.4, -0.2) is 49.7 Å². The number of anilines is 1. The maximum Gasteiger partial charge on any atom is 0.337 e. The minimum absolute atomic E-state index is 0.256. The monoisotopic (exact) mass is 347 g/mol. The number of rotatable bonds is 7. The van der Waals surface area contributed by atoms with Crippen LogP contribution in [0, 0.1) is 0 Å². The summed E-state index contributed by atoms with van der Waals surface area (Å²) in [7, 11) is 1.33. The van der Waals surface area contributed by atoms with Crippen LogP contribution in [0.5, 0.6) is 0 Å². The number of benzene rings is 1. The number of piperidine rings is 1. The van der Waals surface area contributed by atoms with Crippen LogP contribution < -0.4 is 10.6 Å². The highest BCUT2D eigenvalue weighted by Crippen LogP contribution is 2.16. The second-order valence-electron chi connectivity index (χ2n) is 6.54. The van der Waals surface area contributed by atoms with Gasteiger partial charge in [0.1, 0.15) is 0 Å². The number of nitrogens with zero attached hydrogens (tertiary/aromatic N) is 1. The number of ether oxygens (including phenoxy) is 1. The second kappa shape index (κ2) is 10.0. The summed E-state index contributed by atoms with van der Waals surface area (Å²) >= 11 is 0. The molecule has 138 valence electrons. The molecule has 6 heteroatoms. The van der Waals surface area contributed by atoms with E-state index in [-0.39, 0.29) is 6.03 Å². The first kappa shape index (κ1) is 19.2. The van der Waals surface area contributed by atoms with Gasteiger partial charge in [0.25, 0.3) is 0 Å². The van der Waals surface area contributed by atoms with Gasteiger partial charge in [-0.05, 0) is 63.9 Å². The Morgan fingerprint density at radius 1 is 1.28 bits per heavy atom. The Morgan fingerprint density at radius 2 is 2.12 bits per heavy atom. The van der Waals surface area contributed by atoms with Gasteiger partial charge >= 0.3 is 12.0 Å². The van der Waals surface area contributed by atoms with E-state index in [2.05, 4.69) is 27.2 Å². The Kier molecular flexibility index (Phi) is 7.73. The minimum atomic E-state index is -0.420. The van der Waals surface area contributed by atoms with Crippen LogP contribution in [0.25, 0.3) is 0 Å². The first-order chi connectivity index (χ1) is 12.1. The number of carbonyl (C=O) groups is 2. The van der Waals surface area contributed by atoms with E-state index in [4.69, 9.17) is 0 Å². The van der Waals surface area contributed by atoms with Gasteiger partial charge in [0.05, 0.1) is 12.7 Å². The number of amides is 2. The third kappa shape index (κ3) is 6.38. The number of likely N-dealkylation sites (tertiary alicyclic amines) is 1. The smallest absolute Gasteiger partial charge is 0.337 e. The van der Waals surface area contributed by atoms with Crippen molar-refractivity contribution in [3.05, 3.63) is 29.8 Å². The molecule has 1 aromatic carbocycles. The highest BCUT2D eigenvalue weighted by molar-refractivity contribution is 5.93. The predicted octanol–water partition coefficient (Wildman–Crippen LogP) is 3.25. The first-order valence-electron chi connectivity index (χ1n) is 9.07. The molecule has 1 heterocycles. The number of nitrogens with one attached hydrogen (secondary N) is 2. The third-order valence-corrected chi connectivity index (χ3v) is 4.64. The minimum Gasteiger partial charge on any atom is -0.465 e. The molecular formula is C19H29N3O3. The highest BCUT2D eigenvalue weighted by Gasteiger charge is 2.17. The molecule has 0 aliphatic carbocycles. The van der Waals surface area contributed by atoms with Gasteiger partial charge in [0.15, 0.2) is 0 Å². The zero-order chi connectivity index (χ0) is 18.1. The molecule has 0 saturated carbocycles. The number of hydrogen-bond donors (Lipinski definition) is 2. The number of esters is 1. The Hall–Kier alpha value is -2.08. The van der Waals surface area contributed by atoms with Gasteiger partial charge < -0.3 is 20.3 Å². The average molecular weight is 347 g/mol. The molecular weight excluding hydrogens is 318 g/mol. The maximum absolute atomic E-state index is 11.9. The van der Waals surface area contributed by atoms with Crippen molar-refractivity contribution in [1.82, 2.24) is 10.2 Å². The summed E-state index contributed by atoms with van der Waals surface area (Å²) in [6, 6.07) is 7.13. The topological polar surface area (TPSA) is 70.7 Å². The molecule has 2 amide bonds. The molecule has 0 spiro atoms. The quantitative estimate of drug-likeness (QED) is 0.587. The highest BCUT2D eigenvalue weighted by atomic mass is 16.5. The van der Waals surface area contributed by atoms with Crippen molar-refractivity contribution < 1.29 is 14.3 Å². The van der Waals surface area contributed by atoms with E-state index < -0.39 is 5.97 Å². The van der Waals surface area contributed by atoms with Crippen LogP contribution >= 0.6 is 0 Å². The molecule has 1 saturated heterocycles. The van der Waals surface area contributed by atoms with Gasteiger partial charge in [-0.15, -0.1) is 0 Å². The van der Waals surface area contributed by atoms with Crippen molar-refractivity contribution in [2.45, 2.75) is 45.1 Å². The summed E-state index contributed by atoms with van der Waals surface area (Å²) in [5.74, 6) is -0.420. The molecule has 1 aliphatic rings. The van der Waals surface area contributed by atoms with E-state index in [0.717, 1.165) is 19.4 Å². The molecule has 1 atom stereocenters. The fourth-order valence-corrected chi connectivity index (χ4v) is 3.15. The normalized spacial score (nSPS) is 17.8. The SMILES string of the molecule is COC(=O)c1cccc(NC(=O)NCCCCN2CCCC[C@H]2C)c1. The molecule has 6 nitrogen and oxygen atoms in total. The predicted molar refractivity (Wildman–Crippen MR) is 98.9 cm³/mol. The van der Waals surface area contributed by atoms with Gasteiger partial charge in [-0.2, -0.15) is 0 Å². The fraction of sp³-hybridized carbons (Fsp3) is 0.579. The zero-order valence-corrected chi connectivity index (χ0v) is 15.2. The molecule has 0 radical (unpaired) electrons. The average Bonchev–Trinajstić information content (AvgIpc) is 2.62. The summed E-state index contributed by atoms with van der Waals surface area (Å²) in [5.41, 5.74) is 0.985. The van der Waals surface area contributed by atoms with E-state index in [1.54, 1.807) is 24.3 Å². The van der Waals surface area contributed by atoms with E-state index in [1.807, 2.05) is 0 Å². The lowest BCUT2D eigenvalue weighted by Crippen LogP contribution is -2.38. The van der Waals surface area contributed by atoms with E-state index in [0.29, 0.717) is 23.8 Å². The van der Waals surface area contributed by atoms with Crippen molar-refractivity contribution in [2.24, 2.45) is 0 Å². The molecule has 0 bridgehead atoms. The Labute approximate surface area is 149 Å². The first-order valence-corrected chi connectivity index (χ1v) is 9.07. The lowest BCUT2D eigenvalue weighted by atomic mass is 10.0. The van der Waals surface area contributed by atoms with Gasteiger partial charge in [-0.25, -0.2) is 9.59 Å². The number of unbranched alkanes of at least 4 members (excludes halogenated alkanes) is 1. The molecule has 0 aromatic heterocycles. The Morgan fingerprint density at radius 3 is 2.88 bits per heavy atom.